The number of esters is 3. The molecule has 78 heavy (non-hydrogen) atoms. The maximum absolute atomic E-state index is 14.5. The van der Waals surface area contributed by atoms with Crippen molar-refractivity contribution in [3.63, 3.8) is 0 Å². The van der Waals surface area contributed by atoms with E-state index in [1.54, 1.807) is 59.9 Å². The number of aliphatic hydroxyl groups excluding tert-OH is 2. The zero-order chi connectivity index (χ0) is 57.9. The quantitative estimate of drug-likeness (QED) is 0.0722. The third kappa shape index (κ3) is 14.1. The number of anilines is 1. The van der Waals surface area contributed by atoms with Gasteiger partial charge in [0.1, 0.15) is 34.8 Å². The van der Waals surface area contributed by atoms with Gasteiger partial charge < -0.3 is 78.4 Å². The van der Waals surface area contributed by atoms with E-state index in [2.05, 4.69) is 10.6 Å². The van der Waals surface area contributed by atoms with E-state index in [1.165, 1.54) is 35.0 Å². The zero-order valence-corrected chi connectivity index (χ0v) is 48.7. The third-order valence-electron chi connectivity index (χ3n) is 16.6. The lowest BCUT2D eigenvalue weighted by molar-refractivity contribution is -0.318. The van der Waals surface area contributed by atoms with Crippen molar-refractivity contribution >= 4 is 51.9 Å². The molecule has 4 aliphatic rings. The number of benzene rings is 1. The molecule has 0 bridgehead atoms. The lowest BCUT2D eigenvalue weighted by Gasteiger charge is -2.49. The molecular formula is C56H87ClN4O17. The van der Waals surface area contributed by atoms with Gasteiger partial charge in [-0.25, -0.2) is 4.79 Å². The number of nitrogens with one attached hydrogen (secondary N) is 2. The molecule has 22 heteroatoms. The fourth-order valence-corrected chi connectivity index (χ4v) is 12.1. The summed E-state index contributed by atoms with van der Waals surface area (Å²) in [5.74, 6) is -6.61. The Hall–Kier alpha value is -3.84. The molecule has 4 heterocycles. The van der Waals surface area contributed by atoms with Crippen molar-refractivity contribution in [2.24, 2.45) is 23.7 Å². The van der Waals surface area contributed by atoms with Crippen LogP contribution < -0.4 is 16.1 Å². The summed E-state index contributed by atoms with van der Waals surface area (Å²) in [7, 11) is 6.38. The Bertz CT molecular complexity index is 2490. The Morgan fingerprint density at radius 1 is 0.910 bits per heavy atom. The first-order valence-corrected chi connectivity index (χ1v) is 27.9. The van der Waals surface area contributed by atoms with Crippen LogP contribution >= 0.6 is 11.6 Å². The molecule has 2 aromatic rings. The van der Waals surface area contributed by atoms with Crippen LogP contribution in [0.2, 0.25) is 5.02 Å². The van der Waals surface area contributed by atoms with Crippen LogP contribution in [0.4, 0.5) is 5.69 Å². The maximum atomic E-state index is 14.5. The minimum Gasteiger partial charge on any atom is -0.465 e. The van der Waals surface area contributed by atoms with Gasteiger partial charge in [0, 0.05) is 74.6 Å². The summed E-state index contributed by atoms with van der Waals surface area (Å²) in [6, 6.07) is 3.14. The van der Waals surface area contributed by atoms with Crippen LogP contribution in [-0.2, 0) is 52.3 Å². The monoisotopic (exact) mass is 1120 g/mol. The molecular weight excluding hydrogens is 1040 g/mol. The summed E-state index contributed by atoms with van der Waals surface area (Å²) in [5.41, 5.74) is -4.51. The normalized spacial score (nSPS) is 37.4. The summed E-state index contributed by atoms with van der Waals surface area (Å²) in [4.78, 5) is 69.8. The van der Waals surface area contributed by atoms with Crippen molar-refractivity contribution in [3.8, 4) is 0 Å². The number of ketones is 1. The maximum Gasteiger partial charge on any atom is 0.343 e. The van der Waals surface area contributed by atoms with Crippen LogP contribution in [0.3, 0.4) is 0 Å². The number of carbonyl (C=O) groups is 4. The average molecular weight is 1120 g/mol. The Kier molecular flexibility index (Phi) is 21.1. The molecule has 0 unspecified atom stereocenters. The number of methoxy groups -OCH3 is 2. The van der Waals surface area contributed by atoms with Crippen molar-refractivity contribution in [1.29, 1.82) is 0 Å². The van der Waals surface area contributed by atoms with Gasteiger partial charge in [-0.05, 0) is 99.9 Å². The fourth-order valence-electron chi connectivity index (χ4n) is 11.8. The minimum absolute atomic E-state index is 0.00719. The number of likely N-dealkylation sites (N-methyl/N-ethyl adjacent to an activating group) is 1. The highest BCUT2D eigenvalue weighted by Gasteiger charge is 2.54. The van der Waals surface area contributed by atoms with Gasteiger partial charge in [0.2, 0.25) is 5.43 Å². The minimum atomic E-state index is -2.06. The van der Waals surface area contributed by atoms with Crippen LogP contribution in [0.5, 0.6) is 0 Å². The zero-order valence-electron chi connectivity index (χ0n) is 47.9. The number of rotatable bonds is 17. The lowest BCUT2D eigenvalue weighted by atomic mass is 9.74. The van der Waals surface area contributed by atoms with Gasteiger partial charge in [-0.2, -0.15) is 0 Å². The number of ether oxygens (including phenoxy) is 8. The number of carbonyl (C=O) groups excluding carboxylic acids is 4. The summed E-state index contributed by atoms with van der Waals surface area (Å²) in [5, 5.41) is 54.9. The van der Waals surface area contributed by atoms with Crippen LogP contribution in [0.25, 0.3) is 10.9 Å². The van der Waals surface area contributed by atoms with E-state index >= 15 is 0 Å². The molecule has 0 spiro atoms. The van der Waals surface area contributed by atoms with E-state index in [0.29, 0.717) is 41.1 Å². The predicted octanol–water partition coefficient (Wildman–Crippen LogP) is 4.52. The van der Waals surface area contributed by atoms with Crippen LogP contribution in [0.1, 0.15) is 131 Å². The smallest absolute Gasteiger partial charge is 0.343 e. The standard InChI is InChI=1S/C56H87ClN4O17/c1-15-41-56(10,70)48(66)30(4)44(63)28(2)25-54(8,69)49(78-53-46(65)40(60(11)12)22-29(3)73-53)31(5)47(32(6)51(67)75-41)77-43-26-55(9,72-14)50(33(7)74-43)76-42(62)18-19-58-20-21-59-38-23-35-39(24-37(38)57)61(34-16-17-34)27-36(45(35)64)52(68)71-13/h23-24,27-34,40-41,43,46-50,53,58-59,65-66,69-70H,15-22,25-26H2,1-14H3/t28-,29-,30+,31+,32-,33+,40+,41-,43+,46-,47+,48-,49-,50+,53+,54-,55-,56-/m1/s1. The highest BCUT2D eigenvalue weighted by molar-refractivity contribution is 6.34. The van der Waals surface area contributed by atoms with Crippen molar-refractivity contribution < 1.29 is 77.5 Å². The Balaban J connectivity index is 1.17. The van der Waals surface area contributed by atoms with Crippen molar-refractivity contribution in [2.75, 3.05) is 53.3 Å². The molecule has 18 atom stereocenters. The third-order valence-corrected chi connectivity index (χ3v) is 16.9. The molecule has 0 radical (unpaired) electrons. The number of nitrogens with zero attached hydrogens (tertiary/aromatic N) is 2. The summed E-state index contributed by atoms with van der Waals surface area (Å²) in [6.45, 7) is 17.3. The average Bonchev–Trinajstić information content (AvgIpc) is 4.33. The number of Topliss-reactive ketones (excluding diaryl/α,β-unsaturated/α-hetero) is 1. The van der Waals surface area contributed by atoms with Gasteiger partial charge in [0.15, 0.2) is 18.7 Å². The largest absolute Gasteiger partial charge is 0.465 e. The molecule has 1 aromatic heterocycles. The number of fused-ring (bicyclic) bond motifs is 1. The molecule has 4 fully saturated rings. The second-order valence-corrected chi connectivity index (χ2v) is 23.6. The molecule has 3 saturated heterocycles. The molecule has 6 rings (SSSR count). The SMILES string of the molecule is CC[C@H]1OC(=O)[C@H](C)[C@@H](O[C@H]2C[C@@](C)(OC)[C@@H](OC(=O)CCNCCNc3cc4c(=O)c(C(=O)OC)cn(C5CC5)c4cc3Cl)[C@H](C)O2)[C@H](C)[C@@H](O[C@@H]2O[C@H](C)C[C@H](N(C)C)[C@H]2O)[C@](C)(O)C[C@@H](C)C(=O)[C@H](C)[C@@H](O)[C@]1(C)O. The highest BCUT2D eigenvalue weighted by atomic mass is 35.5. The van der Waals surface area contributed by atoms with Crippen LogP contribution in [0, 0.1) is 23.7 Å². The van der Waals surface area contributed by atoms with E-state index in [0.717, 1.165) is 12.8 Å². The van der Waals surface area contributed by atoms with Gasteiger partial charge in [0.05, 0.1) is 71.8 Å². The molecule has 3 aliphatic heterocycles. The van der Waals surface area contributed by atoms with Crippen molar-refractivity contribution in [3.05, 3.63) is 39.1 Å². The number of aromatic nitrogens is 1. The van der Waals surface area contributed by atoms with Gasteiger partial charge in [-0.3, -0.25) is 19.2 Å². The van der Waals surface area contributed by atoms with E-state index in [-0.39, 0.29) is 56.0 Å². The molecule has 1 aliphatic carbocycles. The first-order valence-electron chi connectivity index (χ1n) is 27.5. The first kappa shape index (κ1) is 63.3. The lowest BCUT2D eigenvalue weighted by Crippen LogP contribution is -2.61. The molecule has 6 N–H and O–H groups in total. The molecule has 1 saturated carbocycles. The molecule has 0 amide bonds. The van der Waals surface area contributed by atoms with Crippen molar-refractivity contribution in [1.82, 2.24) is 14.8 Å². The van der Waals surface area contributed by atoms with Gasteiger partial charge in [0.25, 0.3) is 0 Å². The number of hydrogen-bond donors (Lipinski definition) is 6. The fraction of sp³-hybridized carbons (Fsp3) is 0.768. The van der Waals surface area contributed by atoms with Gasteiger partial charge in [-0.1, -0.05) is 39.3 Å². The number of pyridine rings is 1. The van der Waals surface area contributed by atoms with Crippen molar-refractivity contribution in [2.45, 2.75) is 204 Å². The molecule has 21 nitrogen and oxygen atoms in total. The Labute approximate surface area is 463 Å². The molecule has 440 valence electrons. The number of aliphatic hydroxyl groups is 4. The van der Waals surface area contributed by atoms with E-state index in [9.17, 15) is 44.4 Å². The van der Waals surface area contributed by atoms with Crippen LogP contribution in [0.15, 0.2) is 23.1 Å². The van der Waals surface area contributed by atoms with E-state index in [4.69, 9.17) is 49.5 Å². The van der Waals surface area contributed by atoms with E-state index < -0.39 is 125 Å². The summed E-state index contributed by atoms with van der Waals surface area (Å²) < 4.78 is 51.2. The second-order valence-electron chi connectivity index (χ2n) is 23.2. The second kappa shape index (κ2) is 26.0. The van der Waals surface area contributed by atoms with Gasteiger partial charge >= 0.3 is 17.9 Å². The van der Waals surface area contributed by atoms with Gasteiger partial charge in [-0.15, -0.1) is 0 Å². The summed E-state index contributed by atoms with van der Waals surface area (Å²) >= 11 is 6.68. The first-order chi connectivity index (χ1) is 36.5. The van der Waals surface area contributed by atoms with Crippen LogP contribution in [-0.4, -0.2) is 186 Å². The number of hydrogen-bond acceptors (Lipinski definition) is 20. The number of halogens is 1. The highest BCUT2D eigenvalue weighted by Crippen LogP contribution is 2.42. The Morgan fingerprint density at radius 2 is 1.59 bits per heavy atom. The number of cyclic esters (lactones) is 1. The molecule has 1 aromatic carbocycles. The Morgan fingerprint density at radius 3 is 2.21 bits per heavy atom. The summed E-state index contributed by atoms with van der Waals surface area (Å²) in [6.07, 6.45) is -7.30. The predicted molar refractivity (Wildman–Crippen MR) is 289 cm³/mol. The van der Waals surface area contributed by atoms with E-state index in [1.807, 2.05) is 30.5 Å². The topological polar surface area (TPSA) is 272 Å².